The molecule has 0 radical (unpaired) electrons. The third-order valence-corrected chi connectivity index (χ3v) is 4.65. The third-order valence-electron chi connectivity index (χ3n) is 4.65. The first-order valence-electron chi connectivity index (χ1n) is 8.79. The zero-order valence-corrected chi connectivity index (χ0v) is 14.8. The van der Waals surface area contributed by atoms with Crippen LogP contribution in [0, 0.1) is 5.92 Å². The fourth-order valence-corrected chi connectivity index (χ4v) is 3.16. The van der Waals surface area contributed by atoms with Gasteiger partial charge >= 0.3 is 6.18 Å². The first-order valence-corrected chi connectivity index (χ1v) is 8.79. The molecule has 0 aliphatic heterocycles. The first-order chi connectivity index (χ1) is 13.3. The Morgan fingerprint density at radius 1 is 1.00 bits per heavy atom. The lowest BCUT2D eigenvalue weighted by Crippen LogP contribution is -2.35. The van der Waals surface area contributed by atoms with Crippen molar-refractivity contribution in [3.8, 4) is 5.75 Å². The van der Waals surface area contributed by atoms with Gasteiger partial charge in [0.1, 0.15) is 5.75 Å². The summed E-state index contributed by atoms with van der Waals surface area (Å²) in [5.41, 5.74) is -0.437. The highest BCUT2D eigenvalue weighted by atomic mass is 19.4. The standard InChI is InChI=1S/C20H19F3N2O3/c21-20(22,23)16-7-3-1-5-12(16)14-11-15(14)19(28)25-10-9-24-18(27)13-6-2-4-8-17(13)26/h1-8,14-15,26H,9-11H2,(H,24,27)(H,25,28). The van der Waals surface area contributed by atoms with Crippen molar-refractivity contribution >= 4 is 11.8 Å². The van der Waals surface area contributed by atoms with Crippen LogP contribution in [-0.4, -0.2) is 30.0 Å². The molecule has 2 aromatic rings. The number of rotatable bonds is 6. The van der Waals surface area contributed by atoms with Crippen LogP contribution in [0.15, 0.2) is 48.5 Å². The van der Waals surface area contributed by atoms with Gasteiger partial charge in [0.25, 0.3) is 5.91 Å². The summed E-state index contributed by atoms with van der Waals surface area (Å²) in [5.74, 6) is -1.91. The average Bonchev–Trinajstić information content (AvgIpc) is 3.45. The number of halogens is 3. The number of para-hydroxylation sites is 1. The third kappa shape index (κ3) is 4.44. The zero-order valence-electron chi connectivity index (χ0n) is 14.8. The summed E-state index contributed by atoms with van der Waals surface area (Å²) in [6.07, 6.45) is -4.09. The highest BCUT2D eigenvalue weighted by Gasteiger charge is 2.47. The van der Waals surface area contributed by atoms with E-state index in [1.165, 1.54) is 30.3 Å². The largest absolute Gasteiger partial charge is 0.507 e. The van der Waals surface area contributed by atoms with Crippen molar-refractivity contribution in [1.29, 1.82) is 0 Å². The van der Waals surface area contributed by atoms with Crippen molar-refractivity contribution < 1.29 is 27.9 Å². The van der Waals surface area contributed by atoms with Crippen LogP contribution in [0.2, 0.25) is 0 Å². The van der Waals surface area contributed by atoms with Crippen molar-refractivity contribution in [3.63, 3.8) is 0 Å². The van der Waals surface area contributed by atoms with Gasteiger partial charge in [0.2, 0.25) is 5.91 Å². The SMILES string of the molecule is O=C(NCCNC(=O)C1CC1c1ccccc1C(F)(F)F)c1ccccc1O. The Hall–Kier alpha value is -3.03. The minimum atomic E-state index is -4.45. The van der Waals surface area contributed by atoms with E-state index in [1.807, 2.05) is 0 Å². The lowest BCUT2D eigenvalue weighted by Gasteiger charge is -2.12. The van der Waals surface area contributed by atoms with Crippen LogP contribution in [0.1, 0.15) is 33.8 Å². The fourth-order valence-electron chi connectivity index (χ4n) is 3.16. The van der Waals surface area contributed by atoms with Crippen LogP contribution in [0.3, 0.4) is 0 Å². The number of carbonyl (C=O) groups is 2. The van der Waals surface area contributed by atoms with Crippen LogP contribution >= 0.6 is 0 Å². The lowest BCUT2D eigenvalue weighted by molar-refractivity contribution is -0.138. The number of hydrogen-bond donors (Lipinski definition) is 3. The van der Waals surface area contributed by atoms with Gasteiger partial charge in [0.05, 0.1) is 11.1 Å². The number of aromatic hydroxyl groups is 1. The lowest BCUT2D eigenvalue weighted by atomic mass is 10.0. The minimum Gasteiger partial charge on any atom is -0.507 e. The number of phenolic OH excluding ortho intramolecular Hbond substituents is 1. The van der Waals surface area contributed by atoms with Crippen LogP contribution in [0.25, 0.3) is 0 Å². The Morgan fingerprint density at radius 3 is 2.36 bits per heavy atom. The van der Waals surface area contributed by atoms with Gasteiger partial charge in [0, 0.05) is 19.0 Å². The van der Waals surface area contributed by atoms with Crippen molar-refractivity contribution in [1.82, 2.24) is 10.6 Å². The average molecular weight is 392 g/mol. The molecule has 28 heavy (non-hydrogen) atoms. The Kier molecular flexibility index (Phi) is 5.58. The van der Waals surface area contributed by atoms with Crippen LogP contribution in [0.5, 0.6) is 5.75 Å². The molecule has 0 saturated heterocycles. The molecule has 8 heteroatoms. The normalized spacial score (nSPS) is 18.4. The quantitative estimate of drug-likeness (QED) is 0.661. The fraction of sp³-hybridized carbons (Fsp3) is 0.300. The van der Waals surface area contributed by atoms with Crippen molar-refractivity contribution in [3.05, 3.63) is 65.2 Å². The molecule has 3 N–H and O–H groups in total. The van der Waals surface area contributed by atoms with Gasteiger partial charge in [0.15, 0.2) is 0 Å². The summed E-state index contributed by atoms with van der Waals surface area (Å²) in [4.78, 5) is 24.1. The predicted molar refractivity (Wildman–Crippen MR) is 95.7 cm³/mol. The molecule has 2 amide bonds. The van der Waals surface area contributed by atoms with Gasteiger partial charge in [-0.15, -0.1) is 0 Å². The molecule has 3 rings (SSSR count). The zero-order chi connectivity index (χ0) is 20.3. The molecule has 0 bridgehead atoms. The Morgan fingerprint density at radius 2 is 1.64 bits per heavy atom. The van der Waals surface area contributed by atoms with Gasteiger partial charge < -0.3 is 15.7 Å². The number of phenols is 1. The molecule has 2 unspecified atom stereocenters. The second kappa shape index (κ2) is 7.92. The van der Waals surface area contributed by atoms with E-state index in [0.717, 1.165) is 6.07 Å². The van der Waals surface area contributed by atoms with E-state index >= 15 is 0 Å². The number of benzene rings is 2. The molecule has 0 spiro atoms. The number of alkyl halides is 3. The van der Waals surface area contributed by atoms with Gasteiger partial charge in [-0.2, -0.15) is 13.2 Å². The first kappa shape index (κ1) is 19.7. The molecule has 148 valence electrons. The topological polar surface area (TPSA) is 78.4 Å². The highest BCUT2D eigenvalue weighted by molar-refractivity contribution is 5.96. The summed E-state index contributed by atoms with van der Waals surface area (Å²) < 4.78 is 39.3. The minimum absolute atomic E-state index is 0.125. The molecule has 2 aromatic carbocycles. The maximum absolute atomic E-state index is 13.1. The molecule has 1 saturated carbocycles. The smallest absolute Gasteiger partial charge is 0.416 e. The van der Waals surface area contributed by atoms with E-state index in [9.17, 15) is 27.9 Å². The maximum atomic E-state index is 13.1. The predicted octanol–water partition coefficient (Wildman–Crippen LogP) is 3.06. The monoisotopic (exact) mass is 392 g/mol. The molecule has 1 fully saturated rings. The molecule has 5 nitrogen and oxygen atoms in total. The number of hydrogen-bond acceptors (Lipinski definition) is 3. The summed E-state index contributed by atoms with van der Waals surface area (Å²) in [6, 6.07) is 11.4. The molecule has 0 heterocycles. The molecule has 2 atom stereocenters. The second-order valence-electron chi connectivity index (χ2n) is 6.60. The van der Waals surface area contributed by atoms with Gasteiger partial charge in [-0.1, -0.05) is 30.3 Å². The van der Waals surface area contributed by atoms with E-state index in [0.29, 0.717) is 6.42 Å². The summed E-state index contributed by atoms with van der Waals surface area (Å²) >= 11 is 0. The molecule has 1 aliphatic carbocycles. The Balaban J connectivity index is 1.48. The van der Waals surface area contributed by atoms with Crippen molar-refractivity contribution in [2.45, 2.75) is 18.5 Å². The Labute approximate surface area is 159 Å². The number of carbonyl (C=O) groups excluding carboxylic acids is 2. The molecular formula is C20H19F3N2O3. The summed E-state index contributed by atoms with van der Waals surface area (Å²) in [7, 11) is 0. The van der Waals surface area contributed by atoms with Gasteiger partial charge in [-0.3, -0.25) is 9.59 Å². The highest BCUT2D eigenvalue weighted by Crippen LogP contribution is 2.50. The van der Waals surface area contributed by atoms with Gasteiger partial charge in [-0.05, 0) is 36.1 Å². The molecule has 1 aliphatic rings. The van der Waals surface area contributed by atoms with Crippen LogP contribution < -0.4 is 10.6 Å². The van der Waals surface area contributed by atoms with Crippen LogP contribution in [0.4, 0.5) is 13.2 Å². The second-order valence-corrected chi connectivity index (χ2v) is 6.60. The Bertz CT molecular complexity index is 883. The summed E-state index contributed by atoms with van der Waals surface area (Å²) in [6.45, 7) is 0.276. The van der Waals surface area contributed by atoms with Gasteiger partial charge in [-0.25, -0.2) is 0 Å². The van der Waals surface area contributed by atoms with E-state index < -0.39 is 29.5 Å². The number of amides is 2. The van der Waals surface area contributed by atoms with E-state index in [1.54, 1.807) is 12.1 Å². The number of nitrogens with one attached hydrogen (secondary N) is 2. The van der Waals surface area contributed by atoms with E-state index in [2.05, 4.69) is 10.6 Å². The molecule has 0 aromatic heterocycles. The summed E-state index contributed by atoms with van der Waals surface area (Å²) in [5, 5.41) is 14.8. The van der Waals surface area contributed by atoms with E-state index in [-0.39, 0.29) is 35.9 Å². The van der Waals surface area contributed by atoms with Crippen molar-refractivity contribution in [2.75, 3.05) is 13.1 Å². The molecular weight excluding hydrogens is 373 g/mol. The van der Waals surface area contributed by atoms with Crippen molar-refractivity contribution in [2.24, 2.45) is 5.92 Å². The van der Waals surface area contributed by atoms with Crippen LogP contribution in [-0.2, 0) is 11.0 Å². The maximum Gasteiger partial charge on any atom is 0.416 e. The van der Waals surface area contributed by atoms with E-state index in [4.69, 9.17) is 0 Å².